The van der Waals surface area contributed by atoms with E-state index in [2.05, 4.69) is 26.5 Å². The third-order valence-corrected chi connectivity index (χ3v) is 5.20. The van der Waals surface area contributed by atoms with Gasteiger partial charge < -0.3 is 9.47 Å². The highest BCUT2D eigenvalue weighted by Gasteiger charge is 2.16. The summed E-state index contributed by atoms with van der Waals surface area (Å²) in [6, 6.07) is 16.7. The third-order valence-electron chi connectivity index (χ3n) is 4.38. The van der Waals surface area contributed by atoms with Crippen molar-refractivity contribution >= 4 is 51.3 Å². The predicted octanol–water partition coefficient (Wildman–Crippen LogP) is 5.15. The minimum absolute atomic E-state index is 0.0888. The molecule has 0 bridgehead atoms. The first-order valence-corrected chi connectivity index (χ1v) is 10.9. The number of esters is 1. The van der Waals surface area contributed by atoms with Crippen molar-refractivity contribution in [3.05, 3.63) is 97.5 Å². The Labute approximate surface area is 207 Å². The zero-order valence-electron chi connectivity index (χ0n) is 17.6. The zero-order chi connectivity index (χ0) is 24.7. The standard InChI is InChI=1S/C23H17BrClN3O6/c1-14(33-18-9-7-17(8-10-18)28(31)32)22(29)27-26-13-15-12-16(24)6-11-21(15)34-23(30)19-4-2-3-5-20(19)25/h2-14H,1H3,(H,27,29)/b26-13-/t14-/m1/s1. The maximum Gasteiger partial charge on any atom is 0.345 e. The number of hydrogen-bond acceptors (Lipinski definition) is 7. The summed E-state index contributed by atoms with van der Waals surface area (Å²) in [6.45, 7) is 1.50. The van der Waals surface area contributed by atoms with Crippen molar-refractivity contribution in [3.63, 3.8) is 0 Å². The van der Waals surface area contributed by atoms with Gasteiger partial charge in [-0.2, -0.15) is 5.10 Å². The minimum Gasteiger partial charge on any atom is -0.481 e. The summed E-state index contributed by atoms with van der Waals surface area (Å²) in [5.41, 5.74) is 2.88. The van der Waals surface area contributed by atoms with Crippen LogP contribution in [-0.2, 0) is 4.79 Å². The van der Waals surface area contributed by atoms with Crippen molar-refractivity contribution in [2.45, 2.75) is 13.0 Å². The second-order valence-corrected chi connectivity index (χ2v) is 8.12. The number of nitro benzene ring substituents is 1. The van der Waals surface area contributed by atoms with E-state index < -0.39 is 22.9 Å². The van der Waals surface area contributed by atoms with Gasteiger partial charge in [-0.1, -0.05) is 39.7 Å². The van der Waals surface area contributed by atoms with Crippen LogP contribution < -0.4 is 14.9 Å². The van der Waals surface area contributed by atoms with Crippen LogP contribution in [0.25, 0.3) is 0 Å². The number of nitrogens with zero attached hydrogens (tertiary/aromatic N) is 2. The number of amides is 1. The van der Waals surface area contributed by atoms with Gasteiger partial charge in [-0.15, -0.1) is 0 Å². The number of hydrogen-bond donors (Lipinski definition) is 1. The van der Waals surface area contributed by atoms with Crippen molar-refractivity contribution < 1.29 is 24.0 Å². The maximum atomic E-state index is 12.5. The van der Waals surface area contributed by atoms with Crippen molar-refractivity contribution in [2.24, 2.45) is 5.10 Å². The molecule has 0 aliphatic rings. The normalized spacial score (nSPS) is 11.6. The largest absolute Gasteiger partial charge is 0.481 e. The molecule has 0 heterocycles. The number of nitro groups is 1. The first kappa shape index (κ1) is 24.9. The molecule has 174 valence electrons. The Morgan fingerprint density at radius 2 is 1.85 bits per heavy atom. The van der Waals surface area contributed by atoms with Crippen molar-refractivity contribution in [1.82, 2.24) is 5.43 Å². The number of rotatable bonds is 8. The van der Waals surface area contributed by atoms with Gasteiger partial charge in [-0.3, -0.25) is 14.9 Å². The van der Waals surface area contributed by atoms with E-state index in [0.717, 1.165) is 0 Å². The van der Waals surface area contributed by atoms with Crippen molar-refractivity contribution in [1.29, 1.82) is 0 Å². The molecule has 0 saturated carbocycles. The second-order valence-electron chi connectivity index (χ2n) is 6.80. The highest BCUT2D eigenvalue weighted by atomic mass is 79.9. The molecule has 0 saturated heterocycles. The Morgan fingerprint density at radius 1 is 1.15 bits per heavy atom. The summed E-state index contributed by atoms with van der Waals surface area (Å²) in [5.74, 6) is -0.699. The Kier molecular flexibility index (Phi) is 8.34. The topological polar surface area (TPSA) is 120 Å². The van der Waals surface area contributed by atoms with Gasteiger partial charge in [-0.25, -0.2) is 10.2 Å². The molecule has 0 aliphatic heterocycles. The van der Waals surface area contributed by atoms with Crippen LogP contribution in [0.1, 0.15) is 22.8 Å². The molecule has 1 amide bonds. The number of hydrazone groups is 1. The molecule has 0 unspecified atom stereocenters. The highest BCUT2D eigenvalue weighted by Crippen LogP contribution is 2.24. The van der Waals surface area contributed by atoms with Gasteiger partial charge in [-0.05, 0) is 49.4 Å². The number of carbonyl (C=O) groups excluding carboxylic acids is 2. The van der Waals surface area contributed by atoms with Crippen LogP contribution in [0.4, 0.5) is 5.69 Å². The molecule has 11 heteroatoms. The maximum absolute atomic E-state index is 12.5. The molecule has 1 N–H and O–H groups in total. The first-order valence-electron chi connectivity index (χ1n) is 9.75. The molecule has 3 aromatic carbocycles. The molecular weight excluding hydrogens is 530 g/mol. The van der Waals surface area contributed by atoms with Gasteiger partial charge in [0.2, 0.25) is 0 Å². The summed E-state index contributed by atoms with van der Waals surface area (Å²) in [4.78, 5) is 35.0. The fourth-order valence-electron chi connectivity index (χ4n) is 2.66. The van der Waals surface area contributed by atoms with E-state index >= 15 is 0 Å². The summed E-state index contributed by atoms with van der Waals surface area (Å²) < 4.78 is 11.6. The summed E-state index contributed by atoms with van der Waals surface area (Å²) in [5, 5.41) is 14.9. The first-order chi connectivity index (χ1) is 16.2. The fraction of sp³-hybridized carbons (Fsp3) is 0.0870. The molecule has 0 spiro atoms. The average Bonchev–Trinajstić information content (AvgIpc) is 2.81. The van der Waals surface area contributed by atoms with Crippen molar-refractivity contribution in [2.75, 3.05) is 0 Å². The van der Waals surface area contributed by atoms with Crippen LogP contribution in [-0.4, -0.2) is 29.1 Å². The molecule has 0 fully saturated rings. The van der Waals surface area contributed by atoms with Crippen LogP contribution in [0.15, 0.2) is 76.3 Å². The number of carbonyl (C=O) groups is 2. The SMILES string of the molecule is C[C@@H](Oc1ccc([N+](=O)[O-])cc1)C(=O)N/N=C\c1cc(Br)ccc1OC(=O)c1ccccc1Cl. The van der Waals surface area contributed by atoms with Gasteiger partial charge in [0, 0.05) is 22.2 Å². The fourth-order valence-corrected chi connectivity index (χ4v) is 3.25. The smallest absolute Gasteiger partial charge is 0.345 e. The second kappa shape index (κ2) is 11.4. The molecule has 9 nitrogen and oxygen atoms in total. The third kappa shape index (κ3) is 6.63. The molecule has 3 aromatic rings. The quantitative estimate of drug-likeness (QED) is 0.137. The van der Waals surface area contributed by atoms with Crippen molar-refractivity contribution in [3.8, 4) is 11.5 Å². The molecule has 3 rings (SSSR count). The molecule has 0 radical (unpaired) electrons. The molecule has 1 atom stereocenters. The van der Waals surface area contributed by atoms with Crippen LogP contribution in [0.5, 0.6) is 11.5 Å². The van der Waals surface area contributed by atoms with Gasteiger partial charge >= 0.3 is 5.97 Å². The lowest BCUT2D eigenvalue weighted by Gasteiger charge is -2.13. The molecular formula is C23H17BrClN3O6. The Morgan fingerprint density at radius 3 is 2.53 bits per heavy atom. The van der Waals surface area contributed by atoms with E-state index in [9.17, 15) is 19.7 Å². The number of benzene rings is 3. The van der Waals surface area contributed by atoms with Gasteiger partial charge in [0.1, 0.15) is 11.5 Å². The minimum atomic E-state index is -0.932. The van der Waals surface area contributed by atoms with Crippen LogP contribution in [0.3, 0.4) is 0 Å². The number of nitrogens with one attached hydrogen (secondary N) is 1. The van der Waals surface area contributed by atoms with Crippen LogP contribution in [0.2, 0.25) is 5.02 Å². The number of non-ortho nitro benzene ring substituents is 1. The molecule has 34 heavy (non-hydrogen) atoms. The van der Waals surface area contributed by atoms with E-state index in [-0.39, 0.29) is 27.8 Å². The van der Waals surface area contributed by atoms with Crippen LogP contribution in [0, 0.1) is 10.1 Å². The summed E-state index contributed by atoms with van der Waals surface area (Å²) in [6.07, 6.45) is 0.384. The molecule has 0 aromatic heterocycles. The van der Waals surface area contributed by atoms with E-state index in [1.165, 1.54) is 37.4 Å². The lowest BCUT2D eigenvalue weighted by atomic mass is 10.2. The average molecular weight is 547 g/mol. The zero-order valence-corrected chi connectivity index (χ0v) is 19.9. The number of halogens is 2. The highest BCUT2D eigenvalue weighted by molar-refractivity contribution is 9.10. The van der Waals surface area contributed by atoms with Gasteiger partial charge in [0.25, 0.3) is 11.6 Å². The predicted molar refractivity (Wildman–Crippen MR) is 129 cm³/mol. The van der Waals surface area contributed by atoms with E-state index in [0.29, 0.717) is 10.0 Å². The van der Waals surface area contributed by atoms with E-state index in [4.69, 9.17) is 21.1 Å². The van der Waals surface area contributed by atoms with E-state index in [1.54, 1.807) is 42.5 Å². The van der Waals surface area contributed by atoms with Crippen LogP contribution >= 0.6 is 27.5 Å². The Hall–Kier alpha value is -3.76. The summed E-state index contributed by atoms with van der Waals surface area (Å²) >= 11 is 9.40. The number of ether oxygens (including phenoxy) is 2. The monoisotopic (exact) mass is 545 g/mol. The lowest BCUT2D eigenvalue weighted by molar-refractivity contribution is -0.384. The van der Waals surface area contributed by atoms with Gasteiger partial charge in [0.05, 0.1) is 21.7 Å². The van der Waals surface area contributed by atoms with E-state index in [1.807, 2.05) is 0 Å². The Bertz CT molecular complexity index is 1250. The summed E-state index contributed by atoms with van der Waals surface area (Å²) in [7, 11) is 0. The Balaban J connectivity index is 1.65. The molecule has 0 aliphatic carbocycles. The lowest BCUT2D eigenvalue weighted by Crippen LogP contribution is -2.33. The van der Waals surface area contributed by atoms with Gasteiger partial charge in [0.15, 0.2) is 6.10 Å².